The number of rotatable bonds is 7. The number of likely N-dealkylation sites (tertiary alicyclic amines) is 1. The molecule has 0 radical (unpaired) electrons. The summed E-state index contributed by atoms with van der Waals surface area (Å²) in [4.78, 5) is 17.3. The summed E-state index contributed by atoms with van der Waals surface area (Å²) < 4.78 is 7.81. The third-order valence-electron chi connectivity index (χ3n) is 6.77. The van der Waals surface area contributed by atoms with Crippen LogP contribution in [0.3, 0.4) is 0 Å². The number of amides is 1. The Labute approximate surface area is 211 Å². The summed E-state index contributed by atoms with van der Waals surface area (Å²) in [5.74, 6) is 2.50. The molecule has 3 aromatic rings. The molecule has 0 spiro atoms. The van der Waals surface area contributed by atoms with Crippen LogP contribution in [-0.4, -0.2) is 58.9 Å². The fourth-order valence-corrected chi connectivity index (χ4v) is 5.78. The molecule has 0 aliphatic carbocycles. The fraction of sp³-hybridized carbons (Fsp3) is 0.444. The fourth-order valence-electron chi connectivity index (χ4n) is 4.90. The molecule has 35 heavy (non-hydrogen) atoms. The average Bonchev–Trinajstić information content (AvgIpc) is 3.36. The van der Waals surface area contributed by atoms with Gasteiger partial charge in [0, 0.05) is 37.5 Å². The van der Waals surface area contributed by atoms with Crippen LogP contribution in [0.2, 0.25) is 0 Å². The zero-order valence-electron chi connectivity index (χ0n) is 20.4. The minimum atomic E-state index is 0.140. The molecule has 5 rings (SSSR count). The van der Waals surface area contributed by atoms with Crippen molar-refractivity contribution in [3.63, 3.8) is 0 Å². The van der Waals surface area contributed by atoms with E-state index in [0.29, 0.717) is 5.75 Å². The predicted octanol–water partition coefficient (Wildman–Crippen LogP) is 5.18. The molecule has 1 aromatic heterocycles. The van der Waals surface area contributed by atoms with Crippen molar-refractivity contribution >= 4 is 23.6 Å². The van der Waals surface area contributed by atoms with Crippen LogP contribution in [-0.2, 0) is 5.75 Å². The van der Waals surface area contributed by atoms with Gasteiger partial charge in [-0.25, -0.2) is 0 Å². The molecular formula is C27H33N5O2S. The van der Waals surface area contributed by atoms with Gasteiger partial charge in [0.05, 0.1) is 12.8 Å². The number of aromatic nitrogens is 3. The van der Waals surface area contributed by atoms with Crippen molar-refractivity contribution in [2.45, 2.75) is 49.4 Å². The summed E-state index contributed by atoms with van der Waals surface area (Å²) >= 11 is 1.64. The van der Waals surface area contributed by atoms with Gasteiger partial charge in [-0.3, -0.25) is 9.36 Å². The highest BCUT2D eigenvalue weighted by molar-refractivity contribution is 7.98. The Bertz CT molecular complexity index is 1150. The van der Waals surface area contributed by atoms with Gasteiger partial charge in [0.15, 0.2) is 5.16 Å². The maximum atomic E-state index is 13.0. The number of methoxy groups -OCH3 is 1. The van der Waals surface area contributed by atoms with Gasteiger partial charge >= 0.3 is 0 Å². The summed E-state index contributed by atoms with van der Waals surface area (Å²) in [5.41, 5.74) is 2.81. The first-order valence-electron chi connectivity index (χ1n) is 12.6. The second-order valence-electron chi connectivity index (χ2n) is 9.18. The van der Waals surface area contributed by atoms with E-state index >= 15 is 0 Å². The molecule has 2 aliphatic heterocycles. The van der Waals surface area contributed by atoms with E-state index in [9.17, 15) is 4.79 Å². The molecule has 0 unspecified atom stereocenters. The van der Waals surface area contributed by atoms with Crippen molar-refractivity contribution in [2.24, 2.45) is 0 Å². The maximum Gasteiger partial charge on any atom is 0.253 e. The van der Waals surface area contributed by atoms with Crippen LogP contribution in [0.1, 0.15) is 54.4 Å². The summed E-state index contributed by atoms with van der Waals surface area (Å²) in [6.07, 6.45) is 7.00. The number of hydrogen-bond acceptors (Lipinski definition) is 6. The second-order valence-corrected chi connectivity index (χ2v) is 10.1. The van der Waals surface area contributed by atoms with Crippen LogP contribution in [0.5, 0.6) is 5.75 Å². The van der Waals surface area contributed by atoms with Gasteiger partial charge in [-0.05, 0) is 68.4 Å². The van der Waals surface area contributed by atoms with E-state index in [1.54, 1.807) is 18.9 Å². The minimum Gasteiger partial charge on any atom is -0.495 e. The monoisotopic (exact) mass is 491 g/mol. The van der Waals surface area contributed by atoms with Gasteiger partial charge < -0.3 is 14.5 Å². The molecule has 0 saturated carbocycles. The number of para-hydroxylation sites is 2. The standard InChI is InChI=1S/C27H33N5O2S/c1-34-24-14-5-4-13-23(24)32-26(31-17-8-3-9-18-31)28-29-27(32)35-20-21-11-10-12-22(19-21)25(33)30-15-6-2-7-16-30/h4-5,10-14,19H,2-3,6-9,15-18,20H2,1H3. The van der Waals surface area contributed by atoms with E-state index in [2.05, 4.69) is 31.8 Å². The van der Waals surface area contributed by atoms with Crippen LogP contribution in [0, 0.1) is 0 Å². The molecule has 0 bridgehead atoms. The lowest BCUT2D eigenvalue weighted by Gasteiger charge is -2.28. The smallest absolute Gasteiger partial charge is 0.253 e. The molecule has 2 fully saturated rings. The summed E-state index contributed by atoms with van der Waals surface area (Å²) in [7, 11) is 1.70. The molecule has 2 saturated heterocycles. The number of benzene rings is 2. The van der Waals surface area contributed by atoms with Gasteiger partial charge in [0.2, 0.25) is 5.95 Å². The lowest BCUT2D eigenvalue weighted by atomic mass is 10.1. The molecular weight excluding hydrogens is 458 g/mol. The first-order valence-corrected chi connectivity index (χ1v) is 13.6. The molecule has 0 atom stereocenters. The summed E-state index contributed by atoms with van der Waals surface area (Å²) in [6.45, 7) is 3.69. The highest BCUT2D eigenvalue weighted by Gasteiger charge is 2.24. The number of ether oxygens (including phenoxy) is 1. The van der Waals surface area contributed by atoms with Gasteiger partial charge in [-0.2, -0.15) is 0 Å². The van der Waals surface area contributed by atoms with Crippen LogP contribution >= 0.6 is 11.8 Å². The van der Waals surface area contributed by atoms with Gasteiger partial charge in [0.25, 0.3) is 5.91 Å². The number of nitrogens with zero attached hydrogens (tertiary/aromatic N) is 5. The van der Waals surface area contributed by atoms with Crippen LogP contribution in [0.4, 0.5) is 5.95 Å². The van der Waals surface area contributed by atoms with Crippen molar-refractivity contribution in [1.82, 2.24) is 19.7 Å². The van der Waals surface area contributed by atoms with E-state index in [1.807, 2.05) is 41.3 Å². The predicted molar refractivity (Wildman–Crippen MR) is 140 cm³/mol. The Morgan fingerprint density at radius 2 is 1.66 bits per heavy atom. The number of anilines is 1. The van der Waals surface area contributed by atoms with Crippen molar-refractivity contribution in [2.75, 3.05) is 38.2 Å². The average molecular weight is 492 g/mol. The van der Waals surface area contributed by atoms with Crippen molar-refractivity contribution < 1.29 is 9.53 Å². The number of carbonyl (C=O) groups excluding carboxylic acids is 1. The minimum absolute atomic E-state index is 0.140. The van der Waals surface area contributed by atoms with Gasteiger partial charge in [-0.1, -0.05) is 36.0 Å². The Morgan fingerprint density at radius 3 is 2.43 bits per heavy atom. The topological polar surface area (TPSA) is 63.5 Å². The number of carbonyl (C=O) groups is 1. The van der Waals surface area contributed by atoms with E-state index in [4.69, 9.17) is 4.74 Å². The van der Waals surface area contributed by atoms with Crippen molar-refractivity contribution in [1.29, 1.82) is 0 Å². The van der Waals surface area contributed by atoms with E-state index in [-0.39, 0.29) is 5.91 Å². The Balaban J connectivity index is 1.40. The Kier molecular flexibility index (Phi) is 7.57. The lowest BCUT2D eigenvalue weighted by Crippen LogP contribution is -2.35. The summed E-state index contributed by atoms with van der Waals surface area (Å²) in [5, 5.41) is 10.0. The molecule has 0 N–H and O–H groups in total. The molecule has 2 aliphatic rings. The lowest BCUT2D eigenvalue weighted by molar-refractivity contribution is 0.0724. The van der Waals surface area contributed by atoms with E-state index in [1.165, 1.54) is 25.7 Å². The van der Waals surface area contributed by atoms with Crippen LogP contribution in [0.15, 0.2) is 53.7 Å². The first-order chi connectivity index (χ1) is 17.2. The van der Waals surface area contributed by atoms with Gasteiger partial charge in [-0.15, -0.1) is 10.2 Å². The Morgan fingerprint density at radius 1 is 0.914 bits per heavy atom. The quantitative estimate of drug-likeness (QED) is 0.424. The summed E-state index contributed by atoms with van der Waals surface area (Å²) in [6, 6.07) is 16.0. The normalized spacial score (nSPS) is 16.4. The largest absolute Gasteiger partial charge is 0.495 e. The highest BCUT2D eigenvalue weighted by atomic mass is 32.2. The number of thioether (sulfide) groups is 1. The molecule has 3 heterocycles. The van der Waals surface area contributed by atoms with Crippen molar-refractivity contribution in [3.05, 3.63) is 59.7 Å². The Hall–Kier alpha value is -3.00. The highest BCUT2D eigenvalue weighted by Crippen LogP contribution is 2.34. The first kappa shape index (κ1) is 23.7. The second kappa shape index (κ2) is 11.2. The van der Waals surface area contributed by atoms with Gasteiger partial charge in [0.1, 0.15) is 5.75 Å². The van der Waals surface area contributed by atoms with E-state index < -0.39 is 0 Å². The third-order valence-corrected chi connectivity index (χ3v) is 7.77. The molecule has 8 heteroatoms. The van der Waals surface area contributed by atoms with Crippen molar-refractivity contribution in [3.8, 4) is 11.4 Å². The van der Waals surface area contributed by atoms with Crippen LogP contribution < -0.4 is 9.64 Å². The molecule has 184 valence electrons. The SMILES string of the molecule is COc1ccccc1-n1c(SCc2cccc(C(=O)N3CCCCC3)c2)nnc1N1CCCCC1. The third kappa shape index (κ3) is 5.32. The van der Waals surface area contributed by atoms with E-state index in [0.717, 1.165) is 72.7 Å². The maximum absolute atomic E-state index is 13.0. The zero-order chi connectivity index (χ0) is 24.0. The zero-order valence-corrected chi connectivity index (χ0v) is 21.2. The molecule has 1 amide bonds. The molecule has 7 nitrogen and oxygen atoms in total. The van der Waals surface area contributed by atoms with Crippen LogP contribution in [0.25, 0.3) is 5.69 Å². The molecule has 2 aromatic carbocycles. The number of hydrogen-bond donors (Lipinski definition) is 0. The number of piperidine rings is 2.